The number of nitrogens with two attached hydrogens (primary N) is 1. The molecular formula is C9H14ClN3. The Hall–Kier alpha value is -0.830. The number of aromatic nitrogens is 2. The molecule has 0 aliphatic carbocycles. The van der Waals surface area contributed by atoms with E-state index in [0.29, 0.717) is 16.9 Å². The topological polar surface area (TPSA) is 51.8 Å². The molecule has 0 saturated heterocycles. The van der Waals surface area contributed by atoms with E-state index in [1.165, 1.54) is 0 Å². The second-order valence-electron chi connectivity index (χ2n) is 3.19. The molecule has 0 aliphatic heterocycles. The fourth-order valence-corrected chi connectivity index (χ4v) is 1.11. The van der Waals surface area contributed by atoms with Gasteiger partial charge in [-0.1, -0.05) is 25.4 Å². The Morgan fingerprint density at radius 2 is 2.08 bits per heavy atom. The Labute approximate surface area is 83.3 Å². The highest BCUT2D eigenvalue weighted by Gasteiger charge is 2.10. The molecule has 1 aromatic rings. The van der Waals surface area contributed by atoms with Crippen molar-refractivity contribution < 1.29 is 0 Å². The van der Waals surface area contributed by atoms with Gasteiger partial charge < -0.3 is 5.73 Å². The molecule has 0 unspecified atom stereocenters. The molecule has 4 heteroatoms. The van der Waals surface area contributed by atoms with Gasteiger partial charge >= 0.3 is 0 Å². The summed E-state index contributed by atoms with van der Waals surface area (Å²) in [6.07, 6.45) is 0.985. The zero-order valence-corrected chi connectivity index (χ0v) is 8.89. The number of nitrogen functional groups attached to an aromatic ring is 1. The molecule has 0 radical (unpaired) electrons. The summed E-state index contributed by atoms with van der Waals surface area (Å²) in [5.74, 6) is 1.52. The Balaban J connectivity index is 3.13. The van der Waals surface area contributed by atoms with Gasteiger partial charge in [0.1, 0.15) is 16.8 Å². The minimum atomic E-state index is 0.306. The molecular weight excluding hydrogens is 186 g/mol. The number of anilines is 1. The molecule has 1 rings (SSSR count). The van der Waals surface area contributed by atoms with Crippen molar-refractivity contribution in [1.82, 2.24) is 9.97 Å². The molecule has 0 saturated carbocycles. The predicted molar refractivity (Wildman–Crippen MR) is 54.9 cm³/mol. The van der Waals surface area contributed by atoms with Crippen LogP contribution in [0.1, 0.15) is 37.6 Å². The lowest BCUT2D eigenvalue weighted by Gasteiger charge is -2.09. The Kier molecular flexibility index (Phi) is 3.09. The third-order valence-corrected chi connectivity index (χ3v) is 2.56. The fourth-order valence-electron chi connectivity index (χ4n) is 0.925. The van der Waals surface area contributed by atoms with Crippen LogP contribution in [0.5, 0.6) is 0 Å². The lowest BCUT2D eigenvalue weighted by molar-refractivity contribution is 0.679. The number of nitrogens with zero attached hydrogens (tertiary/aromatic N) is 2. The molecule has 0 amide bonds. The minimum Gasteiger partial charge on any atom is -0.383 e. The molecule has 1 heterocycles. The fraction of sp³-hybridized carbons (Fsp3) is 0.556. The summed E-state index contributed by atoms with van der Waals surface area (Å²) in [4.78, 5) is 8.37. The van der Waals surface area contributed by atoms with Crippen LogP contribution in [0.2, 0.25) is 5.15 Å². The van der Waals surface area contributed by atoms with Crippen LogP contribution in [0, 0.1) is 6.92 Å². The zero-order valence-electron chi connectivity index (χ0n) is 8.13. The van der Waals surface area contributed by atoms with Crippen molar-refractivity contribution in [1.29, 1.82) is 0 Å². The smallest absolute Gasteiger partial charge is 0.137 e. The monoisotopic (exact) mass is 199 g/mol. The predicted octanol–water partition coefficient (Wildman–Crippen LogP) is 2.53. The standard InChI is InChI=1S/C9H14ClN3/c1-4-5(2)9-12-7(10)6(3)8(11)13-9/h5H,4H2,1-3H3,(H2,11,12,13)/t5-/m0/s1. The van der Waals surface area contributed by atoms with Crippen LogP contribution in [0.15, 0.2) is 0 Å². The summed E-state index contributed by atoms with van der Waals surface area (Å²) in [5, 5.41) is 0.461. The number of hydrogen-bond acceptors (Lipinski definition) is 3. The van der Waals surface area contributed by atoms with Gasteiger partial charge in [0, 0.05) is 11.5 Å². The Morgan fingerprint density at radius 1 is 1.46 bits per heavy atom. The largest absolute Gasteiger partial charge is 0.383 e. The summed E-state index contributed by atoms with van der Waals surface area (Å²) in [7, 11) is 0. The van der Waals surface area contributed by atoms with E-state index < -0.39 is 0 Å². The molecule has 0 aliphatic rings. The van der Waals surface area contributed by atoms with Crippen LogP contribution < -0.4 is 5.73 Å². The van der Waals surface area contributed by atoms with Gasteiger partial charge in [0.2, 0.25) is 0 Å². The lowest BCUT2D eigenvalue weighted by atomic mass is 10.1. The number of hydrogen-bond donors (Lipinski definition) is 1. The van der Waals surface area contributed by atoms with Crippen molar-refractivity contribution in [3.05, 3.63) is 16.5 Å². The van der Waals surface area contributed by atoms with Crippen molar-refractivity contribution in [2.24, 2.45) is 0 Å². The van der Waals surface area contributed by atoms with E-state index in [4.69, 9.17) is 17.3 Å². The number of rotatable bonds is 2. The van der Waals surface area contributed by atoms with Crippen LogP contribution in [0.4, 0.5) is 5.82 Å². The van der Waals surface area contributed by atoms with E-state index in [1.807, 2.05) is 6.92 Å². The Bertz CT molecular complexity index is 289. The highest BCUT2D eigenvalue weighted by molar-refractivity contribution is 6.30. The molecule has 13 heavy (non-hydrogen) atoms. The van der Waals surface area contributed by atoms with E-state index in [1.54, 1.807) is 0 Å². The first-order valence-electron chi connectivity index (χ1n) is 4.35. The minimum absolute atomic E-state index is 0.306. The highest BCUT2D eigenvalue weighted by Crippen LogP contribution is 2.22. The van der Waals surface area contributed by atoms with Crippen LogP contribution in [0.25, 0.3) is 0 Å². The third-order valence-electron chi connectivity index (χ3n) is 2.19. The zero-order chi connectivity index (χ0) is 10.0. The SMILES string of the molecule is CC[C@H](C)c1nc(N)c(C)c(Cl)n1. The molecule has 0 aromatic carbocycles. The summed E-state index contributed by atoms with van der Waals surface area (Å²) < 4.78 is 0. The second kappa shape index (κ2) is 3.92. The van der Waals surface area contributed by atoms with Gasteiger partial charge in [-0.15, -0.1) is 0 Å². The van der Waals surface area contributed by atoms with E-state index in [-0.39, 0.29) is 0 Å². The lowest BCUT2D eigenvalue weighted by Crippen LogP contribution is -2.05. The molecule has 0 spiro atoms. The first-order chi connectivity index (χ1) is 6.06. The van der Waals surface area contributed by atoms with Gasteiger partial charge in [0.05, 0.1) is 0 Å². The summed E-state index contributed by atoms with van der Waals surface area (Å²) >= 11 is 5.89. The van der Waals surface area contributed by atoms with Crippen LogP contribution >= 0.6 is 11.6 Å². The van der Waals surface area contributed by atoms with Gasteiger partial charge in [-0.3, -0.25) is 0 Å². The highest BCUT2D eigenvalue weighted by atomic mass is 35.5. The average molecular weight is 200 g/mol. The van der Waals surface area contributed by atoms with Crippen molar-refractivity contribution >= 4 is 17.4 Å². The molecule has 3 nitrogen and oxygen atoms in total. The first-order valence-corrected chi connectivity index (χ1v) is 4.73. The van der Waals surface area contributed by atoms with Gasteiger partial charge in [0.15, 0.2) is 0 Å². The first kappa shape index (κ1) is 10.3. The van der Waals surface area contributed by atoms with Gasteiger partial charge in [-0.25, -0.2) is 9.97 Å². The number of halogens is 1. The molecule has 2 N–H and O–H groups in total. The van der Waals surface area contributed by atoms with Crippen LogP contribution in [-0.4, -0.2) is 9.97 Å². The molecule has 1 atom stereocenters. The molecule has 0 bridgehead atoms. The maximum absolute atomic E-state index is 5.89. The third kappa shape index (κ3) is 2.10. The molecule has 0 fully saturated rings. The second-order valence-corrected chi connectivity index (χ2v) is 3.55. The van der Waals surface area contributed by atoms with Crippen LogP contribution in [-0.2, 0) is 0 Å². The van der Waals surface area contributed by atoms with E-state index in [2.05, 4.69) is 23.8 Å². The van der Waals surface area contributed by atoms with Crippen LogP contribution in [0.3, 0.4) is 0 Å². The van der Waals surface area contributed by atoms with Crippen molar-refractivity contribution in [3.63, 3.8) is 0 Å². The normalized spacial score (nSPS) is 12.9. The molecule has 72 valence electrons. The summed E-state index contributed by atoms with van der Waals surface area (Å²) in [6, 6.07) is 0. The van der Waals surface area contributed by atoms with Crippen molar-refractivity contribution in [3.8, 4) is 0 Å². The van der Waals surface area contributed by atoms with Gasteiger partial charge in [-0.2, -0.15) is 0 Å². The quantitative estimate of drug-likeness (QED) is 0.745. The van der Waals surface area contributed by atoms with Crippen molar-refractivity contribution in [2.75, 3.05) is 5.73 Å². The van der Waals surface area contributed by atoms with Gasteiger partial charge in [-0.05, 0) is 13.3 Å². The average Bonchev–Trinajstić information content (AvgIpc) is 2.12. The summed E-state index contributed by atoms with van der Waals surface area (Å²) in [5.41, 5.74) is 6.44. The maximum atomic E-state index is 5.89. The van der Waals surface area contributed by atoms with E-state index in [0.717, 1.165) is 17.8 Å². The van der Waals surface area contributed by atoms with Crippen molar-refractivity contribution in [2.45, 2.75) is 33.1 Å². The Morgan fingerprint density at radius 3 is 2.54 bits per heavy atom. The van der Waals surface area contributed by atoms with E-state index in [9.17, 15) is 0 Å². The van der Waals surface area contributed by atoms with E-state index >= 15 is 0 Å². The molecule has 1 aromatic heterocycles. The van der Waals surface area contributed by atoms with Gasteiger partial charge in [0.25, 0.3) is 0 Å². The summed E-state index contributed by atoms with van der Waals surface area (Å²) in [6.45, 7) is 5.95. The maximum Gasteiger partial charge on any atom is 0.137 e.